The molecular formula is C32H34N2O9. The van der Waals surface area contributed by atoms with Gasteiger partial charge in [-0.25, -0.2) is 4.79 Å². The molecule has 0 amide bonds. The van der Waals surface area contributed by atoms with E-state index in [0.29, 0.717) is 28.2 Å². The summed E-state index contributed by atoms with van der Waals surface area (Å²) in [5.74, 6) is 1.19. The molecule has 11 nitrogen and oxygen atoms in total. The fourth-order valence-corrected chi connectivity index (χ4v) is 6.08. The van der Waals surface area contributed by atoms with Crippen molar-refractivity contribution in [2.75, 3.05) is 27.9 Å². The van der Waals surface area contributed by atoms with Crippen molar-refractivity contribution in [3.8, 4) is 11.5 Å². The Bertz CT molecular complexity index is 1590. The second kappa shape index (κ2) is 12.2. The Morgan fingerprint density at radius 1 is 0.884 bits per heavy atom. The van der Waals surface area contributed by atoms with Crippen molar-refractivity contribution in [1.82, 2.24) is 9.55 Å². The Balaban J connectivity index is 1.77. The van der Waals surface area contributed by atoms with Crippen LogP contribution in [0.25, 0.3) is 0 Å². The number of hydrogen-bond donors (Lipinski definition) is 4. The molecule has 0 radical (unpaired) electrons. The summed E-state index contributed by atoms with van der Waals surface area (Å²) in [5.41, 5.74) is -3.14. The van der Waals surface area contributed by atoms with E-state index in [0.717, 1.165) is 10.6 Å². The highest BCUT2D eigenvalue weighted by Crippen LogP contribution is 2.50. The zero-order valence-corrected chi connectivity index (χ0v) is 23.9. The van der Waals surface area contributed by atoms with E-state index in [9.17, 15) is 24.9 Å². The molecular weight excluding hydrogens is 556 g/mol. The number of aromatic nitrogens is 2. The number of methoxy groups -OCH3 is 3. The first-order valence-electron chi connectivity index (χ1n) is 13.6. The van der Waals surface area contributed by atoms with Gasteiger partial charge < -0.3 is 34.3 Å². The smallest absolute Gasteiger partial charge is 0.330 e. The number of benzene rings is 3. The van der Waals surface area contributed by atoms with Gasteiger partial charge in [-0.15, -0.1) is 0 Å². The average Bonchev–Trinajstić information content (AvgIpc) is 3.34. The van der Waals surface area contributed by atoms with Gasteiger partial charge in [-0.05, 0) is 41.0 Å². The standard InChI is InChI=1S/C32H34N2O9/c1-40-23-13-9-21(10-14-23)32(20-7-5-4-6-8-20,22-11-15-24(41-2)16-12-22)26(37)27-31(39,19-35)28(42-3)29(43-27)34-18-17-25(36)33-30(34)38/h4-18,26-29,35,37,39H,19H2,1-3H3,(H,33,36,38)/t26?,27-,28+,29-,31+/m1/s1. The number of ether oxygens (including phenoxy) is 4. The first kappa shape index (κ1) is 30.2. The third-order valence-electron chi connectivity index (χ3n) is 8.21. The third kappa shape index (κ3) is 5.05. The van der Waals surface area contributed by atoms with Crippen LogP contribution in [0.2, 0.25) is 0 Å². The Morgan fingerprint density at radius 2 is 1.42 bits per heavy atom. The van der Waals surface area contributed by atoms with Crippen LogP contribution < -0.4 is 20.7 Å². The van der Waals surface area contributed by atoms with Crippen LogP contribution in [0.3, 0.4) is 0 Å². The molecule has 1 fully saturated rings. The first-order chi connectivity index (χ1) is 20.7. The number of hydrogen-bond acceptors (Lipinski definition) is 9. The quantitative estimate of drug-likeness (QED) is 0.202. The van der Waals surface area contributed by atoms with E-state index in [-0.39, 0.29) is 0 Å². The second-order valence-corrected chi connectivity index (χ2v) is 10.3. The van der Waals surface area contributed by atoms with E-state index < -0.39 is 53.4 Å². The van der Waals surface area contributed by atoms with Gasteiger partial charge in [-0.3, -0.25) is 14.3 Å². The molecule has 0 aliphatic carbocycles. The van der Waals surface area contributed by atoms with Crippen molar-refractivity contribution in [3.63, 3.8) is 0 Å². The fourth-order valence-electron chi connectivity index (χ4n) is 6.08. The average molecular weight is 591 g/mol. The molecule has 5 atom stereocenters. The minimum absolute atomic E-state index is 0.593. The van der Waals surface area contributed by atoms with Crippen LogP contribution >= 0.6 is 0 Å². The van der Waals surface area contributed by atoms with Gasteiger partial charge in [-0.1, -0.05) is 54.6 Å². The number of aromatic amines is 1. The lowest BCUT2D eigenvalue weighted by Crippen LogP contribution is -2.60. The van der Waals surface area contributed by atoms with Crippen molar-refractivity contribution in [2.45, 2.75) is 35.6 Å². The van der Waals surface area contributed by atoms with Crippen LogP contribution in [0.1, 0.15) is 22.9 Å². The normalized spacial score (nSPS) is 22.7. The summed E-state index contributed by atoms with van der Waals surface area (Å²) in [6, 6.07) is 24.6. The molecule has 2 heterocycles. The minimum Gasteiger partial charge on any atom is -0.497 e. The predicted octanol–water partition coefficient (Wildman–Crippen LogP) is 1.59. The van der Waals surface area contributed by atoms with Crippen molar-refractivity contribution in [2.24, 2.45) is 0 Å². The van der Waals surface area contributed by atoms with Crippen LogP contribution in [-0.4, -0.2) is 76.7 Å². The Hall–Kier alpha value is -4.26. The van der Waals surface area contributed by atoms with E-state index in [1.807, 2.05) is 54.6 Å². The highest BCUT2D eigenvalue weighted by Gasteiger charge is 2.63. The predicted molar refractivity (Wildman–Crippen MR) is 156 cm³/mol. The SMILES string of the molecule is COc1ccc(C(c2ccccc2)(c2ccc(OC)cc2)C(O)[C@H]2O[C@@H](n3ccc(=O)[nH]c3=O)[C@H](OC)[C@]2(O)CO)cc1. The van der Waals surface area contributed by atoms with Crippen molar-refractivity contribution in [1.29, 1.82) is 0 Å². The molecule has 1 aliphatic rings. The largest absolute Gasteiger partial charge is 0.497 e. The molecule has 1 aliphatic heterocycles. The molecule has 0 spiro atoms. The molecule has 4 aromatic rings. The number of aliphatic hydroxyl groups is 3. The van der Waals surface area contributed by atoms with Gasteiger partial charge in [-0.2, -0.15) is 0 Å². The van der Waals surface area contributed by atoms with E-state index >= 15 is 0 Å². The van der Waals surface area contributed by atoms with Crippen LogP contribution in [0.4, 0.5) is 0 Å². The summed E-state index contributed by atoms with van der Waals surface area (Å²) in [5, 5.41) is 35.4. The lowest BCUT2D eigenvalue weighted by Gasteiger charge is -2.45. The van der Waals surface area contributed by atoms with Crippen LogP contribution in [0, 0.1) is 0 Å². The van der Waals surface area contributed by atoms with E-state index in [2.05, 4.69) is 4.98 Å². The number of nitrogens with zero attached hydrogens (tertiary/aromatic N) is 1. The molecule has 43 heavy (non-hydrogen) atoms. The van der Waals surface area contributed by atoms with Crippen molar-refractivity contribution in [3.05, 3.63) is 129 Å². The van der Waals surface area contributed by atoms with Crippen LogP contribution in [-0.2, 0) is 14.9 Å². The van der Waals surface area contributed by atoms with Crippen molar-refractivity contribution >= 4 is 0 Å². The summed E-state index contributed by atoms with van der Waals surface area (Å²) in [6.07, 6.45) is -4.53. The topological polar surface area (TPSA) is 152 Å². The van der Waals surface area contributed by atoms with E-state index in [1.54, 1.807) is 38.5 Å². The number of H-pyrrole nitrogens is 1. The van der Waals surface area contributed by atoms with Gasteiger partial charge in [0, 0.05) is 19.4 Å². The number of rotatable bonds is 10. The summed E-state index contributed by atoms with van der Waals surface area (Å²) in [6.45, 7) is -0.877. The Morgan fingerprint density at radius 3 is 1.88 bits per heavy atom. The molecule has 1 unspecified atom stereocenters. The van der Waals surface area contributed by atoms with Crippen LogP contribution in [0.5, 0.6) is 11.5 Å². The lowest BCUT2D eigenvalue weighted by molar-refractivity contribution is -0.153. The number of aliphatic hydroxyl groups excluding tert-OH is 2. The van der Waals surface area contributed by atoms with E-state index in [4.69, 9.17) is 18.9 Å². The highest BCUT2D eigenvalue weighted by molar-refractivity contribution is 5.54. The third-order valence-corrected chi connectivity index (χ3v) is 8.21. The maximum Gasteiger partial charge on any atom is 0.330 e. The molecule has 1 aromatic heterocycles. The maximum absolute atomic E-state index is 12.8. The van der Waals surface area contributed by atoms with Gasteiger partial charge >= 0.3 is 5.69 Å². The summed E-state index contributed by atoms with van der Waals surface area (Å²) in [7, 11) is 4.40. The monoisotopic (exact) mass is 590 g/mol. The number of nitrogens with one attached hydrogen (secondary N) is 1. The zero-order valence-electron chi connectivity index (χ0n) is 23.9. The molecule has 3 aromatic carbocycles. The molecule has 4 N–H and O–H groups in total. The maximum atomic E-state index is 12.8. The van der Waals surface area contributed by atoms with Gasteiger partial charge in [0.15, 0.2) is 6.23 Å². The van der Waals surface area contributed by atoms with E-state index in [1.165, 1.54) is 13.3 Å². The molecule has 0 saturated carbocycles. The molecule has 226 valence electrons. The molecule has 5 rings (SSSR count). The summed E-state index contributed by atoms with van der Waals surface area (Å²) >= 11 is 0. The van der Waals surface area contributed by atoms with Gasteiger partial charge in [0.05, 0.1) is 26.2 Å². The zero-order chi connectivity index (χ0) is 30.8. The molecule has 1 saturated heterocycles. The second-order valence-electron chi connectivity index (χ2n) is 10.3. The molecule has 11 heteroatoms. The summed E-state index contributed by atoms with van der Waals surface area (Å²) in [4.78, 5) is 26.7. The lowest BCUT2D eigenvalue weighted by atomic mass is 9.63. The van der Waals surface area contributed by atoms with Gasteiger partial charge in [0.25, 0.3) is 5.56 Å². The summed E-state index contributed by atoms with van der Waals surface area (Å²) < 4.78 is 23.8. The van der Waals surface area contributed by atoms with Crippen molar-refractivity contribution < 1.29 is 34.3 Å². The first-order valence-corrected chi connectivity index (χ1v) is 13.6. The fraction of sp³-hybridized carbons (Fsp3) is 0.312. The Kier molecular flexibility index (Phi) is 8.54. The van der Waals surface area contributed by atoms with Gasteiger partial charge in [0.1, 0.15) is 35.4 Å². The van der Waals surface area contributed by atoms with Crippen LogP contribution in [0.15, 0.2) is 101 Å². The minimum atomic E-state index is -2.20. The molecule has 0 bridgehead atoms. The van der Waals surface area contributed by atoms with Gasteiger partial charge in [0.2, 0.25) is 0 Å². The Labute approximate surface area is 247 Å². The highest BCUT2D eigenvalue weighted by atomic mass is 16.6.